The van der Waals surface area contributed by atoms with Gasteiger partial charge in [-0.05, 0) is 26.8 Å². The number of para-hydroxylation sites is 1. The molecular formula is C18H29F2IN4O3. The van der Waals surface area contributed by atoms with E-state index in [-0.39, 0.29) is 54.0 Å². The van der Waals surface area contributed by atoms with E-state index in [0.29, 0.717) is 31.1 Å². The predicted octanol–water partition coefficient (Wildman–Crippen LogP) is 2.88. The highest BCUT2D eigenvalue weighted by molar-refractivity contribution is 14.0. The Hall–Kier alpha value is -1.85. The van der Waals surface area contributed by atoms with Crippen LogP contribution >= 0.6 is 24.0 Å². The van der Waals surface area contributed by atoms with E-state index in [4.69, 9.17) is 4.74 Å². The summed E-state index contributed by atoms with van der Waals surface area (Å²) in [5.74, 6) is 0.626. The molecule has 0 aliphatic carbocycles. The van der Waals surface area contributed by atoms with Gasteiger partial charge in [-0.2, -0.15) is 8.78 Å². The van der Waals surface area contributed by atoms with Gasteiger partial charge in [-0.3, -0.25) is 9.79 Å². The molecule has 3 N–H and O–H groups in total. The van der Waals surface area contributed by atoms with Crippen LogP contribution < -0.4 is 25.4 Å². The second-order valence-corrected chi connectivity index (χ2v) is 5.88. The number of aliphatic imine (C=N–C) groups is 1. The zero-order valence-corrected chi connectivity index (χ0v) is 18.9. The molecule has 0 heterocycles. The Balaban J connectivity index is 0.00000729. The van der Waals surface area contributed by atoms with Crippen molar-refractivity contribution in [3.8, 4) is 11.5 Å². The van der Waals surface area contributed by atoms with Crippen molar-refractivity contribution in [3.63, 3.8) is 0 Å². The van der Waals surface area contributed by atoms with E-state index in [1.54, 1.807) is 32.2 Å². The molecule has 0 aliphatic rings. The molecule has 0 atom stereocenters. The highest BCUT2D eigenvalue weighted by Gasteiger charge is 2.16. The van der Waals surface area contributed by atoms with Crippen LogP contribution in [0.25, 0.3) is 0 Å². The Kier molecular flexibility index (Phi) is 13.3. The van der Waals surface area contributed by atoms with Gasteiger partial charge in [0.15, 0.2) is 17.5 Å². The molecule has 0 unspecified atom stereocenters. The summed E-state index contributed by atoms with van der Waals surface area (Å²) in [5.41, 5.74) is 0.502. The van der Waals surface area contributed by atoms with E-state index < -0.39 is 6.61 Å². The van der Waals surface area contributed by atoms with Crippen LogP contribution in [0.1, 0.15) is 32.8 Å². The Bertz CT molecular complexity index is 631. The van der Waals surface area contributed by atoms with Crippen LogP contribution in [0.4, 0.5) is 8.78 Å². The van der Waals surface area contributed by atoms with Crippen molar-refractivity contribution in [2.45, 2.75) is 46.4 Å². The Labute approximate surface area is 181 Å². The third-order valence-corrected chi connectivity index (χ3v) is 3.33. The Morgan fingerprint density at radius 1 is 1.25 bits per heavy atom. The molecule has 0 saturated heterocycles. The summed E-state index contributed by atoms with van der Waals surface area (Å²) >= 11 is 0. The number of guanidine groups is 1. The first-order valence-corrected chi connectivity index (χ1v) is 8.80. The van der Waals surface area contributed by atoms with Crippen LogP contribution in [0.3, 0.4) is 0 Å². The third kappa shape index (κ3) is 9.90. The lowest BCUT2D eigenvalue weighted by molar-refractivity contribution is -0.121. The van der Waals surface area contributed by atoms with E-state index in [9.17, 15) is 13.6 Å². The molecule has 0 aromatic heterocycles. The normalized spacial score (nSPS) is 11.1. The van der Waals surface area contributed by atoms with E-state index in [0.717, 1.165) is 0 Å². The number of halogens is 3. The molecule has 160 valence electrons. The first-order valence-electron chi connectivity index (χ1n) is 8.80. The quantitative estimate of drug-likeness (QED) is 0.254. The van der Waals surface area contributed by atoms with Gasteiger partial charge >= 0.3 is 6.61 Å². The fourth-order valence-electron chi connectivity index (χ4n) is 2.28. The summed E-state index contributed by atoms with van der Waals surface area (Å²) in [7, 11) is 1.58. The maximum Gasteiger partial charge on any atom is 0.387 e. The third-order valence-electron chi connectivity index (χ3n) is 3.33. The van der Waals surface area contributed by atoms with Gasteiger partial charge < -0.3 is 25.4 Å². The van der Waals surface area contributed by atoms with E-state index in [2.05, 4.69) is 25.7 Å². The van der Waals surface area contributed by atoms with Crippen molar-refractivity contribution < 1.29 is 23.0 Å². The average molecular weight is 514 g/mol. The molecule has 0 fully saturated rings. The van der Waals surface area contributed by atoms with Crippen molar-refractivity contribution in [3.05, 3.63) is 23.8 Å². The molecule has 10 heteroatoms. The zero-order valence-electron chi connectivity index (χ0n) is 16.6. The summed E-state index contributed by atoms with van der Waals surface area (Å²) in [6, 6.07) is 5.02. The van der Waals surface area contributed by atoms with Gasteiger partial charge in [0.2, 0.25) is 5.91 Å². The average Bonchev–Trinajstić information content (AvgIpc) is 2.59. The van der Waals surface area contributed by atoms with Crippen LogP contribution in [-0.2, 0) is 11.3 Å². The summed E-state index contributed by atoms with van der Waals surface area (Å²) < 4.78 is 35.5. The molecule has 0 spiro atoms. The van der Waals surface area contributed by atoms with Crippen molar-refractivity contribution in [2.24, 2.45) is 4.99 Å². The molecule has 7 nitrogen and oxygen atoms in total. The number of ether oxygens (including phenoxy) is 2. The molecule has 0 bridgehead atoms. The monoisotopic (exact) mass is 514 g/mol. The lowest BCUT2D eigenvalue weighted by Gasteiger charge is -2.17. The summed E-state index contributed by atoms with van der Waals surface area (Å²) in [4.78, 5) is 15.7. The number of alkyl halides is 2. The fraction of sp³-hybridized carbons (Fsp3) is 0.556. The second kappa shape index (κ2) is 14.2. The summed E-state index contributed by atoms with van der Waals surface area (Å²) in [5, 5.41) is 8.81. The lowest BCUT2D eigenvalue weighted by Crippen LogP contribution is -2.39. The SMILES string of the molecule is CCOc1cccc(CNC(=NC)NCCC(=O)NC(C)C)c1OC(F)F.I. The smallest absolute Gasteiger partial charge is 0.387 e. The Morgan fingerprint density at radius 2 is 1.96 bits per heavy atom. The van der Waals surface area contributed by atoms with Gasteiger partial charge in [0, 0.05) is 38.2 Å². The number of hydrogen-bond donors (Lipinski definition) is 3. The van der Waals surface area contributed by atoms with E-state index in [1.807, 2.05) is 13.8 Å². The number of carbonyl (C=O) groups is 1. The maximum atomic E-state index is 12.7. The number of hydrogen-bond acceptors (Lipinski definition) is 4. The van der Waals surface area contributed by atoms with Crippen molar-refractivity contribution >= 4 is 35.8 Å². The molecule has 1 amide bonds. The molecule has 0 aliphatic heterocycles. The number of benzene rings is 1. The minimum atomic E-state index is -2.96. The minimum Gasteiger partial charge on any atom is -0.490 e. The van der Waals surface area contributed by atoms with Crippen LogP contribution in [0, 0.1) is 0 Å². The summed E-state index contributed by atoms with van der Waals surface area (Å²) in [6.07, 6.45) is 0.290. The number of amides is 1. The number of nitrogens with zero attached hydrogens (tertiary/aromatic N) is 1. The molecule has 1 aromatic carbocycles. The number of nitrogens with one attached hydrogen (secondary N) is 3. The summed E-state index contributed by atoms with van der Waals surface area (Å²) in [6.45, 7) is 3.50. The van der Waals surface area contributed by atoms with Gasteiger partial charge in [0.05, 0.1) is 6.61 Å². The predicted molar refractivity (Wildman–Crippen MR) is 116 cm³/mol. The molecule has 28 heavy (non-hydrogen) atoms. The van der Waals surface area contributed by atoms with Crippen molar-refractivity contribution in [2.75, 3.05) is 20.2 Å². The highest BCUT2D eigenvalue weighted by atomic mass is 127. The molecule has 0 saturated carbocycles. The van der Waals surface area contributed by atoms with Crippen LogP contribution in [-0.4, -0.2) is 44.7 Å². The van der Waals surface area contributed by atoms with Gasteiger partial charge in [0.1, 0.15) is 0 Å². The fourth-order valence-corrected chi connectivity index (χ4v) is 2.28. The second-order valence-electron chi connectivity index (χ2n) is 5.88. The largest absolute Gasteiger partial charge is 0.490 e. The first kappa shape index (κ1) is 26.1. The molecule has 1 aromatic rings. The zero-order chi connectivity index (χ0) is 20.2. The Morgan fingerprint density at radius 3 is 2.54 bits per heavy atom. The van der Waals surface area contributed by atoms with Crippen LogP contribution in [0.5, 0.6) is 11.5 Å². The topological polar surface area (TPSA) is 84.0 Å². The van der Waals surface area contributed by atoms with Crippen molar-refractivity contribution in [1.29, 1.82) is 0 Å². The van der Waals surface area contributed by atoms with Gasteiger partial charge in [0.25, 0.3) is 0 Å². The van der Waals surface area contributed by atoms with Crippen LogP contribution in [0.15, 0.2) is 23.2 Å². The number of carbonyl (C=O) groups excluding carboxylic acids is 1. The molecule has 0 radical (unpaired) electrons. The molecular weight excluding hydrogens is 485 g/mol. The standard InChI is InChI=1S/C18H28F2N4O3.HI/c1-5-26-14-8-6-7-13(16(14)27-17(19)20)11-23-18(21-4)22-10-9-15(25)24-12(2)3;/h6-8,12,17H,5,9-11H2,1-4H3,(H,24,25)(H2,21,22,23);1H. The highest BCUT2D eigenvalue weighted by Crippen LogP contribution is 2.32. The number of rotatable bonds is 10. The minimum absolute atomic E-state index is 0. The van der Waals surface area contributed by atoms with E-state index in [1.165, 1.54) is 0 Å². The van der Waals surface area contributed by atoms with Gasteiger partial charge in [-0.1, -0.05) is 12.1 Å². The van der Waals surface area contributed by atoms with Crippen molar-refractivity contribution in [1.82, 2.24) is 16.0 Å². The maximum absolute atomic E-state index is 12.7. The molecule has 1 rings (SSSR count). The van der Waals surface area contributed by atoms with Crippen LogP contribution in [0.2, 0.25) is 0 Å². The van der Waals surface area contributed by atoms with Gasteiger partial charge in [-0.15, -0.1) is 24.0 Å². The van der Waals surface area contributed by atoms with E-state index >= 15 is 0 Å². The van der Waals surface area contributed by atoms with Gasteiger partial charge in [-0.25, -0.2) is 0 Å². The lowest BCUT2D eigenvalue weighted by atomic mass is 10.2. The first-order chi connectivity index (χ1) is 12.9.